The van der Waals surface area contributed by atoms with Crippen molar-refractivity contribution in [1.82, 2.24) is 0 Å². The smallest absolute Gasteiger partial charge is 0.328 e. The van der Waals surface area contributed by atoms with Crippen LogP contribution in [0.2, 0.25) is 0 Å². The van der Waals surface area contributed by atoms with Crippen LogP contribution in [0.5, 0.6) is 5.75 Å². The molecule has 4 heteroatoms. The summed E-state index contributed by atoms with van der Waals surface area (Å²) in [6.07, 6.45) is 6.24. The summed E-state index contributed by atoms with van der Waals surface area (Å²) in [6, 6.07) is 7.33. The molecule has 1 aromatic rings. The van der Waals surface area contributed by atoms with Gasteiger partial charge in [0.25, 0.3) is 0 Å². The number of ether oxygens (including phenoxy) is 2. The summed E-state index contributed by atoms with van der Waals surface area (Å²) in [7, 11) is 0. The number of carbonyl (C=O) groups is 2. The second kappa shape index (κ2) is 10.1. The summed E-state index contributed by atoms with van der Waals surface area (Å²) < 4.78 is 10.6. The van der Waals surface area contributed by atoms with E-state index in [1.54, 1.807) is 19.9 Å². The predicted molar refractivity (Wildman–Crippen MR) is 95.0 cm³/mol. The molecule has 0 amide bonds. The molecule has 24 heavy (non-hydrogen) atoms. The summed E-state index contributed by atoms with van der Waals surface area (Å²) in [6.45, 7) is 7.62. The molecule has 0 saturated carbocycles. The molecule has 0 fully saturated rings. The minimum absolute atomic E-state index is 0.352. The van der Waals surface area contributed by atoms with Gasteiger partial charge in [-0.05, 0) is 44.4 Å². The highest BCUT2D eigenvalue weighted by Gasteiger charge is 2.39. The van der Waals surface area contributed by atoms with Crippen LogP contribution >= 0.6 is 0 Å². The van der Waals surface area contributed by atoms with Crippen LogP contribution in [0.1, 0.15) is 65.4 Å². The lowest BCUT2D eigenvalue weighted by atomic mass is 9.94. The fourth-order valence-corrected chi connectivity index (χ4v) is 2.20. The van der Waals surface area contributed by atoms with Crippen LogP contribution in [-0.2, 0) is 20.7 Å². The molecule has 0 N–H and O–H groups in total. The molecule has 0 spiro atoms. The zero-order valence-electron chi connectivity index (χ0n) is 15.4. The molecule has 0 saturated heterocycles. The third-order valence-electron chi connectivity index (χ3n) is 4.02. The minimum atomic E-state index is -1.31. The van der Waals surface area contributed by atoms with Crippen molar-refractivity contribution in [1.29, 1.82) is 0 Å². The lowest BCUT2D eigenvalue weighted by Gasteiger charge is -2.20. The largest absolute Gasteiger partial charge is 0.465 e. The predicted octanol–water partition coefficient (Wildman–Crippen LogP) is 4.69. The Bertz CT molecular complexity index is 534. The number of hydrogen-bond acceptors (Lipinski definition) is 4. The van der Waals surface area contributed by atoms with E-state index in [0.29, 0.717) is 12.4 Å². The number of rotatable bonds is 10. The lowest BCUT2D eigenvalue weighted by Crippen LogP contribution is -2.38. The Morgan fingerprint density at radius 1 is 1.00 bits per heavy atom. The Morgan fingerprint density at radius 2 is 1.71 bits per heavy atom. The van der Waals surface area contributed by atoms with Crippen molar-refractivity contribution in [2.75, 3.05) is 6.61 Å². The highest BCUT2D eigenvalue weighted by molar-refractivity contribution is 5.99. The maximum Gasteiger partial charge on any atom is 0.328 e. The van der Waals surface area contributed by atoms with Crippen molar-refractivity contribution >= 4 is 11.9 Å². The zero-order chi connectivity index (χ0) is 18.0. The Kier molecular flexibility index (Phi) is 8.51. The van der Waals surface area contributed by atoms with Crippen LogP contribution in [0, 0.1) is 5.41 Å². The van der Waals surface area contributed by atoms with Crippen molar-refractivity contribution in [2.24, 2.45) is 5.41 Å². The van der Waals surface area contributed by atoms with Gasteiger partial charge >= 0.3 is 11.9 Å². The summed E-state index contributed by atoms with van der Waals surface area (Å²) in [4.78, 5) is 24.5. The number of unbranched alkanes of at least 4 members (excludes halogenated alkanes) is 4. The van der Waals surface area contributed by atoms with E-state index in [9.17, 15) is 9.59 Å². The maximum atomic E-state index is 12.3. The Hall–Kier alpha value is -1.84. The number of hydrogen-bond donors (Lipinski definition) is 0. The fraction of sp³-hybridized carbons (Fsp3) is 0.600. The van der Waals surface area contributed by atoms with Crippen LogP contribution in [0.3, 0.4) is 0 Å². The van der Waals surface area contributed by atoms with Crippen molar-refractivity contribution in [3.63, 3.8) is 0 Å². The fourth-order valence-electron chi connectivity index (χ4n) is 2.20. The topological polar surface area (TPSA) is 52.6 Å². The maximum absolute atomic E-state index is 12.3. The zero-order valence-corrected chi connectivity index (χ0v) is 15.4. The summed E-state index contributed by atoms with van der Waals surface area (Å²) in [5.74, 6) is -0.666. The van der Waals surface area contributed by atoms with Crippen molar-refractivity contribution in [3.8, 4) is 5.75 Å². The molecule has 0 atom stereocenters. The number of aryl methyl sites for hydroxylation is 1. The second-order valence-electron chi connectivity index (χ2n) is 6.57. The molecule has 1 rings (SSSR count). The SMILES string of the molecule is CCCCCCCOC(=O)C(C)(C)C(=O)Oc1cccc(CC)c1. The standard InChI is InChI=1S/C20H30O4/c1-5-7-8-9-10-14-23-18(21)20(3,4)19(22)24-17-13-11-12-16(6-2)15-17/h11-13,15H,5-10,14H2,1-4H3. The summed E-state index contributed by atoms with van der Waals surface area (Å²) >= 11 is 0. The summed E-state index contributed by atoms with van der Waals surface area (Å²) in [5, 5.41) is 0. The van der Waals surface area contributed by atoms with Gasteiger partial charge in [-0.1, -0.05) is 51.7 Å². The molecule has 0 aromatic heterocycles. The number of esters is 2. The van der Waals surface area contributed by atoms with Gasteiger partial charge in [-0.25, -0.2) is 0 Å². The highest BCUT2D eigenvalue weighted by atomic mass is 16.6. The van der Waals surface area contributed by atoms with Crippen molar-refractivity contribution < 1.29 is 19.1 Å². The van der Waals surface area contributed by atoms with E-state index in [4.69, 9.17) is 9.47 Å². The molecule has 0 bridgehead atoms. The Labute approximate surface area is 145 Å². The van der Waals surface area contributed by atoms with E-state index in [1.165, 1.54) is 12.8 Å². The van der Waals surface area contributed by atoms with Crippen LogP contribution in [0.4, 0.5) is 0 Å². The average molecular weight is 334 g/mol. The minimum Gasteiger partial charge on any atom is -0.465 e. The van der Waals surface area contributed by atoms with E-state index < -0.39 is 17.4 Å². The highest BCUT2D eigenvalue weighted by Crippen LogP contribution is 2.23. The van der Waals surface area contributed by atoms with E-state index in [2.05, 4.69) is 6.92 Å². The Balaban J connectivity index is 2.49. The van der Waals surface area contributed by atoms with Gasteiger partial charge in [0.15, 0.2) is 5.41 Å². The van der Waals surface area contributed by atoms with Crippen LogP contribution in [0.25, 0.3) is 0 Å². The van der Waals surface area contributed by atoms with Crippen molar-refractivity contribution in [3.05, 3.63) is 29.8 Å². The van der Waals surface area contributed by atoms with Crippen LogP contribution in [-0.4, -0.2) is 18.5 Å². The van der Waals surface area contributed by atoms with Crippen molar-refractivity contribution in [2.45, 2.75) is 66.2 Å². The second-order valence-corrected chi connectivity index (χ2v) is 6.57. The summed E-state index contributed by atoms with van der Waals surface area (Å²) in [5.41, 5.74) is -0.237. The van der Waals surface area contributed by atoms with Gasteiger partial charge < -0.3 is 9.47 Å². The first-order valence-electron chi connectivity index (χ1n) is 8.90. The third-order valence-corrected chi connectivity index (χ3v) is 4.02. The molecule has 0 unspecified atom stereocenters. The lowest BCUT2D eigenvalue weighted by molar-refractivity contribution is -0.164. The molecule has 4 nitrogen and oxygen atoms in total. The average Bonchev–Trinajstić information content (AvgIpc) is 2.57. The molecule has 0 heterocycles. The van der Waals surface area contributed by atoms with E-state index in [0.717, 1.165) is 31.2 Å². The van der Waals surface area contributed by atoms with Gasteiger partial charge in [0, 0.05) is 0 Å². The molecule has 0 aliphatic rings. The first-order valence-corrected chi connectivity index (χ1v) is 8.90. The van der Waals surface area contributed by atoms with E-state index >= 15 is 0 Å². The molecule has 0 aliphatic carbocycles. The van der Waals surface area contributed by atoms with Gasteiger partial charge in [-0.2, -0.15) is 0 Å². The number of carbonyl (C=O) groups excluding carboxylic acids is 2. The van der Waals surface area contributed by atoms with Crippen LogP contribution < -0.4 is 4.74 Å². The first-order chi connectivity index (χ1) is 11.4. The van der Waals surface area contributed by atoms with E-state index in [1.807, 2.05) is 25.1 Å². The van der Waals surface area contributed by atoms with Gasteiger partial charge in [0.05, 0.1) is 6.61 Å². The molecule has 134 valence electrons. The molecular formula is C20H30O4. The normalized spacial score (nSPS) is 11.2. The Morgan fingerprint density at radius 3 is 2.38 bits per heavy atom. The number of benzene rings is 1. The molecule has 1 aromatic carbocycles. The van der Waals surface area contributed by atoms with Gasteiger partial charge in [-0.15, -0.1) is 0 Å². The van der Waals surface area contributed by atoms with E-state index in [-0.39, 0.29) is 0 Å². The molecule has 0 aliphatic heterocycles. The van der Waals surface area contributed by atoms with Gasteiger partial charge in [-0.3, -0.25) is 9.59 Å². The first kappa shape index (κ1) is 20.2. The monoisotopic (exact) mass is 334 g/mol. The molecule has 0 radical (unpaired) electrons. The van der Waals surface area contributed by atoms with Gasteiger partial charge in [0.2, 0.25) is 0 Å². The molecular weight excluding hydrogens is 304 g/mol. The van der Waals surface area contributed by atoms with Crippen LogP contribution in [0.15, 0.2) is 24.3 Å². The van der Waals surface area contributed by atoms with Gasteiger partial charge in [0.1, 0.15) is 5.75 Å². The third kappa shape index (κ3) is 6.34. The quantitative estimate of drug-likeness (QED) is 0.269.